The summed E-state index contributed by atoms with van der Waals surface area (Å²) in [6.45, 7) is 5.53. The maximum Gasteiger partial charge on any atom is 0.264 e. The maximum atomic E-state index is 14.5. The number of anilines is 1. The lowest BCUT2D eigenvalue weighted by Crippen LogP contribution is -2.53. The largest absolute Gasteiger partial charge is 0.354 e. The van der Waals surface area contributed by atoms with Gasteiger partial charge >= 0.3 is 0 Å². The van der Waals surface area contributed by atoms with Crippen molar-refractivity contribution in [3.63, 3.8) is 0 Å². The minimum Gasteiger partial charge on any atom is -0.354 e. The quantitative estimate of drug-likeness (QED) is 0.156. The summed E-state index contributed by atoms with van der Waals surface area (Å²) in [4.78, 5) is 29.8. The molecule has 0 heterocycles. The van der Waals surface area contributed by atoms with Crippen molar-refractivity contribution in [1.29, 1.82) is 0 Å². The third-order valence-corrected chi connectivity index (χ3v) is 9.83. The van der Waals surface area contributed by atoms with Crippen molar-refractivity contribution in [2.75, 3.05) is 17.4 Å². The van der Waals surface area contributed by atoms with E-state index in [1.165, 1.54) is 35.2 Å². The Bertz CT molecular complexity index is 1770. The molecule has 0 aliphatic rings. The summed E-state index contributed by atoms with van der Waals surface area (Å²) >= 11 is 19.1. The Labute approximate surface area is 286 Å². The molecule has 0 bridgehead atoms. The molecule has 1 atom stereocenters. The molecule has 0 aliphatic heterocycles. The molecule has 11 heteroatoms. The summed E-state index contributed by atoms with van der Waals surface area (Å²) in [6, 6.07) is 26.1. The van der Waals surface area contributed by atoms with Gasteiger partial charge in [-0.2, -0.15) is 0 Å². The number of halogens is 3. The zero-order valence-electron chi connectivity index (χ0n) is 25.8. The first-order valence-corrected chi connectivity index (χ1v) is 17.3. The number of aryl methyl sites for hydroxylation is 1. The van der Waals surface area contributed by atoms with Crippen LogP contribution in [0.3, 0.4) is 0 Å². The second-order valence-corrected chi connectivity index (χ2v) is 14.6. The second kappa shape index (κ2) is 15.8. The van der Waals surface area contributed by atoms with Crippen molar-refractivity contribution in [1.82, 2.24) is 10.2 Å². The lowest BCUT2D eigenvalue weighted by Gasteiger charge is -2.34. The molecule has 242 valence electrons. The molecule has 4 aromatic carbocycles. The average molecular weight is 701 g/mol. The molecule has 0 aliphatic carbocycles. The van der Waals surface area contributed by atoms with E-state index in [-0.39, 0.29) is 45.4 Å². The zero-order chi connectivity index (χ0) is 33.4. The minimum atomic E-state index is -4.32. The van der Waals surface area contributed by atoms with Crippen LogP contribution in [0.15, 0.2) is 102 Å². The van der Waals surface area contributed by atoms with Crippen molar-refractivity contribution in [3.8, 4) is 0 Å². The fourth-order valence-corrected chi connectivity index (χ4v) is 6.91. The third kappa shape index (κ3) is 9.26. The van der Waals surface area contributed by atoms with Gasteiger partial charge in [0, 0.05) is 29.6 Å². The fourth-order valence-electron chi connectivity index (χ4n) is 4.84. The Morgan fingerprint density at radius 3 is 2.11 bits per heavy atom. The number of amides is 2. The van der Waals surface area contributed by atoms with E-state index in [1.807, 2.05) is 51.1 Å². The highest BCUT2D eigenvalue weighted by Gasteiger charge is 2.35. The van der Waals surface area contributed by atoms with Gasteiger partial charge in [-0.15, -0.1) is 0 Å². The summed E-state index contributed by atoms with van der Waals surface area (Å²) in [5.74, 6) is -0.812. The predicted octanol–water partition coefficient (Wildman–Crippen LogP) is 7.56. The number of rotatable bonds is 13. The van der Waals surface area contributed by atoms with Crippen LogP contribution in [0.4, 0.5) is 5.69 Å². The first-order chi connectivity index (χ1) is 21.8. The smallest absolute Gasteiger partial charge is 0.264 e. The monoisotopic (exact) mass is 699 g/mol. The second-order valence-electron chi connectivity index (χ2n) is 11.4. The van der Waals surface area contributed by atoms with Crippen molar-refractivity contribution in [3.05, 3.63) is 129 Å². The lowest BCUT2D eigenvalue weighted by molar-refractivity contribution is -0.140. The van der Waals surface area contributed by atoms with E-state index in [1.54, 1.807) is 36.4 Å². The van der Waals surface area contributed by atoms with Gasteiger partial charge in [0.05, 0.1) is 15.6 Å². The van der Waals surface area contributed by atoms with Crippen LogP contribution in [-0.2, 0) is 32.6 Å². The van der Waals surface area contributed by atoms with Crippen LogP contribution < -0.4 is 9.62 Å². The van der Waals surface area contributed by atoms with Crippen molar-refractivity contribution in [2.24, 2.45) is 5.92 Å². The number of benzene rings is 4. The molecular formula is C35H36Cl3N3O4S. The van der Waals surface area contributed by atoms with Crippen LogP contribution in [0, 0.1) is 12.8 Å². The SMILES string of the molecule is Cc1ccc(S(=O)(=O)N(CC(=O)N(Cc2cccc(Cl)c2)[C@@H](Cc2ccccc2)C(=O)NCC(C)C)c2cc(Cl)ccc2Cl)cc1. The van der Waals surface area contributed by atoms with Gasteiger partial charge in [0.1, 0.15) is 12.6 Å². The van der Waals surface area contributed by atoms with Crippen LogP contribution in [0.25, 0.3) is 0 Å². The Kier molecular flexibility index (Phi) is 12.1. The van der Waals surface area contributed by atoms with Crippen LogP contribution in [-0.4, -0.2) is 44.3 Å². The van der Waals surface area contributed by atoms with Gasteiger partial charge in [0.2, 0.25) is 11.8 Å². The first-order valence-electron chi connectivity index (χ1n) is 14.7. The molecule has 0 aromatic heterocycles. The number of hydrogen-bond acceptors (Lipinski definition) is 4. The molecule has 0 saturated carbocycles. The van der Waals surface area contributed by atoms with E-state index in [0.29, 0.717) is 17.1 Å². The number of carbonyl (C=O) groups is 2. The Morgan fingerprint density at radius 1 is 0.804 bits per heavy atom. The van der Waals surface area contributed by atoms with E-state index in [9.17, 15) is 18.0 Å². The summed E-state index contributed by atoms with van der Waals surface area (Å²) in [6.07, 6.45) is 0.194. The van der Waals surface area contributed by atoms with E-state index in [2.05, 4.69) is 5.32 Å². The number of nitrogens with zero attached hydrogens (tertiary/aromatic N) is 2. The Balaban J connectivity index is 1.83. The van der Waals surface area contributed by atoms with Crippen LogP contribution in [0.5, 0.6) is 0 Å². The molecule has 0 fully saturated rings. The van der Waals surface area contributed by atoms with Crippen molar-refractivity contribution in [2.45, 2.75) is 44.7 Å². The van der Waals surface area contributed by atoms with Gasteiger partial charge in [-0.1, -0.05) is 109 Å². The van der Waals surface area contributed by atoms with Gasteiger partial charge in [0.15, 0.2) is 0 Å². The van der Waals surface area contributed by atoms with Crippen LogP contribution in [0.2, 0.25) is 15.1 Å². The molecule has 0 unspecified atom stereocenters. The van der Waals surface area contributed by atoms with E-state index < -0.39 is 28.5 Å². The predicted molar refractivity (Wildman–Crippen MR) is 186 cm³/mol. The summed E-state index contributed by atoms with van der Waals surface area (Å²) in [7, 11) is -4.32. The molecule has 1 N–H and O–H groups in total. The molecule has 0 radical (unpaired) electrons. The van der Waals surface area contributed by atoms with Gasteiger partial charge in [-0.25, -0.2) is 8.42 Å². The molecule has 4 aromatic rings. The molecule has 7 nitrogen and oxygen atoms in total. The zero-order valence-corrected chi connectivity index (χ0v) is 28.9. The first kappa shape index (κ1) is 35.3. The van der Waals surface area contributed by atoms with E-state index in [4.69, 9.17) is 34.8 Å². The number of hydrogen-bond donors (Lipinski definition) is 1. The summed E-state index contributed by atoms with van der Waals surface area (Å²) in [5, 5.41) is 3.76. The van der Waals surface area contributed by atoms with Crippen LogP contribution >= 0.6 is 34.8 Å². The fraction of sp³-hybridized carbons (Fsp3) is 0.257. The van der Waals surface area contributed by atoms with Crippen molar-refractivity contribution < 1.29 is 18.0 Å². The molecule has 4 rings (SSSR count). The topological polar surface area (TPSA) is 86.8 Å². The van der Waals surface area contributed by atoms with Gasteiger partial charge < -0.3 is 10.2 Å². The maximum absolute atomic E-state index is 14.5. The molecule has 0 saturated heterocycles. The van der Waals surface area contributed by atoms with Gasteiger partial charge in [0.25, 0.3) is 10.0 Å². The Morgan fingerprint density at radius 2 is 1.46 bits per heavy atom. The summed E-state index contributed by atoms with van der Waals surface area (Å²) in [5.41, 5.74) is 2.41. The van der Waals surface area contributed by atoms with Crippen LogP contribution in [0.1, 0.15) is 30.5 Å². The number of carbonyl (C=O) groups excluding carboxylic acids is 2. The van der Waals surface area contributed by atoms with E-state index >= 15 is 0 Å². The van der Waals surface area contributed by atoms with Crippen molar-refractivity contribution >= 4 is 62.3 Å². The highest BCUT2D eigenvalue weighted by molar-refractivity contribution is 7.92. The number of sulfonamides is 1. The minimum absolute atomic E-state index is 0.00626. The van der Waals surface area contributed by atoms with E-state index in [0.717, 1.165) is 15.4 Å². The van der Waals surface area contributed by atoms with Gasteiger partial charge in [-0.05, 0) is 66.4 Å². The molecule has 2 amide bonds. The average Bonchev–Trinajstić information content (AvgIpc) is 3.02. The lowest BCUT2D eigenvalue weighted by atomic mass is 10.0. The third-order valence-electron chi connectivity index (χ3n) is 7.26. The summed E-state index contributed by atoms with van der Waals surface area (Å²) < 4.78 is 29.3. The standard InChI is InChI=1S/C35H36Cl3N3O4S/c1-24(2)21-39-35(43)33(19-26-8-5-4-6-9-26)40(22-27-10-7-11-28(36)18-27)34(42)23-41(32-20-29(37)14-17-31(32)38)46(44,45)30-15-12-25(3)13-16-30/h4-18,20,24,33H,19,21-23H2,1-3H3,(H,39,43)/t33-/m0/s1. The molecular weight excluding hydrogens is 665 g/mol. The highest BCUT2D eigenvalue weighted by Crippen LogP contribution is 2.33. The molecule has 0 spiro atoms. The highest BCUT2D eigenvalue weighted by atomic mass is 35.5. The molecule has 46 heavy (non-hydrogen) atoms. The normalized spacial score (nSPS) is 12.1. The van der Waals surface area contributed by atoms with Gasteiger partial charge in [-0.3, -0.25) is 13.9 Å². The Hall–Kier alpha value is -3.56. The number of nitrogens with one attached hydrogen (secondary N) is 1.